The van der Waals surface area contributed by atoms with E-state index in [2.05, 4.69) is 16.6 Å². The van der Waals surface area contributed by atoms with Crippen molar-refractivity contribution in [1.29, 1.82) is 0 Å². The lowest BCUT2D eigenvalue weighted by Gasteiger charge is -2.04. The maximum absolute atomic E-state index is 11.1. The van der Waals surface area contributed by atoms with Crippen molar-refractivity contribution < 1.29 is 9.90 Å². The smallest absolute Gasteiger partial charge is 0.312 e. The summed E-state index contributed by atoms with van der Waals surface area (Å²) in [5.74, 6) is 0.0994. The van der Waals surface area contributed by atoms with Gasteiger partial charge in [0, 0.05) is 11.4 Å². The fourth-order valence-electron chi connectivity index (χ4n) is 2.29. The maximum Gasteiger partial charge on any atom is 0.312 e. The van der Waals surface area contributed by atoms with E-state index in [-0.39, 0.29) is 5.92 Å². The van der Waals surface area contributed by atoms with E-state index in [9.17, 15) is 4.79 Å². The summed E-state index contributed by atoms with van der Waals surface area (Å²) in [5, 5.41) is 13.3. The molecule has 0 saturated heterocycles. The lowest BCUT2D eigenvalue weighted by molar-refractivity contribution is -0.138. The SMILES string of the molecule is CSCCCCCNc1nc2c(s1)CCC2C(=O)O. The summed E-state index contributed by atoms with van der Waals surface area (Å²) in [4.78, 5) is 16.7. The molecule has 0 spiro atoms. The van der Waals surface area contributed by atoms with Crippen LogP contribution in [0.1, 0.15) is 42.2 Å². The molecule has 0 radical (unpaired) electrons. The first-order chi connectivity index (χ1) is 9.22. The van der Waals surface area contributed by atoms with Gasteiger partial charge in [-0.25, -0.2) is 4.98 Å². The largest absolute Gasteiger partial charge is 0.481 e. The van der Waals surface area contributed by atoms with Gasteiger partial charge in [-0.2, -0.15) is 11.8 Å². The minimum Gasteiger partial charge on any atom is -0.481 e. The fourth-order valence-corrected chi connectivity index (χ4v) is 3.84. The molecule has 19 heavy (non-hydrogen) atoms. The molecule has 2 N–H and O–H groups in total. The molecule has 1 aliphatic carbocycles. The van der Waals surface area contributed by atoms with E-state index in [0.717, 1.165) is 35.1 Å². The highest BCUT2D eigenvalue weighted by Gasteiger charge is 2.32. The Morgan fingerprint density at radius 1 is 1.53 bits per heavy atom. The Kier molecular flexibility index (Phi) is 5.51. The molecule has 1 atom stereocenters. The number of carboxylic acid groups (broad SMARTS) is 1. The minimum absolute atomic E-state index is 0.386. The van der Waals surface area contributed by atoms with Crippen LogP contribution in [0.3, 0.4) is 0 Å². The van der Waals surface area contributed by atoms with Crippen LogP contribution in [0, 0.1) is 0 Å². The van der Waals surface area contributed by atoms with Crippen LogP contribution in [0.25, 0.3) is 0 Å². The van der Waals surface area contributed by atoms with Gasteiger partial charge in [0.1, 0.15) is 5.92 Å². The van der Waals surface area contributed by atoms with Crippen molar-refractivity contribution in [2.24, 2.45) is 0 Å². The van der Waals surface area contributed by atoms with Gasteiger partial charge in [0.05, 0.1) is 5.69 Å². The molecule has 106 valence electrons. The zero-order valence-corrected chi connectivity index (χ0v) is 12.8. The van der Waals surface area contributed by atoms with Gasteiger partial charge >= 0.3 is 5.97 Å². The third kappa shape index (κ3) is 3.86. The quantitative estimate of drug-likeness (QED) is 0.722. The zero-order chi connectivity index (χ0) is 13.7. The standard InChI is InChI=1S/C13H20N2O2S2/c1-18-8-4-2-3-7-14-13-15-11-9(12(16)17)5-6-10(11)19-13/h9H,2-8H2,1H3,(H,14,15)(H,16,17). The number of hydrogen-bond donors (Lipinski definition) is 2. The number of hydrogen-bond acceptors (Lipinski definition) is 5. The van der Waals surface area contributed by atoms with Crippen molar-refractivity contribution >= 4 is 34.2 Å². The van der Waals surface area contributed by atoms with Crippen LogP contribution in [-0.2, 0) is 11.2 Å². The lowest BCUT2D eigenvalue weighted by Crippen LogP contribution is -2.09. The molecule has 0 aliphatic heterocycles. The Morgan fingerprint density at radius 2 is 2.37 bits per heavy atom. The molecule has 6 heteroatoms. The van der Waals surface area contributed by atoms with E-state index in [1.54, 1.807) is 11.3 Å². The number of nitrogens with zero attached hydrogens (tertiary/aromatic N) is 1. The van der Waals surface area contributed by atoms with E-state index >= 15 is 0 Å². The predicted octanol–water partition coefficient (Wildman–Crippen LogP) is 3.20. The molecule has 1 aromatic rings. The first-order valence-corrected chi connectivity index (χ1v) is 8.88. The molecule has 0 fully saturated rings. The van der Waals surface area contributed by atoms with Crippen molar-refractivity contribution in [2.45, 2.75) is 38.0 Å². The highest BCUT2D eigenvalue weighted by molar-refractivity contribution is 7.98. The van der Waals surface area contributed by atoms with Gasteiger partial charge in [-0.1, -0.05) is 6.42 Å². The molecule has 1 unspecified atom stereocenters. The molecule has 1 aliphatic rings. The summed E-state index contributed by atoms with van der Waals surface area (Å²) in [6.45, 7) is 0.929. The van der Waals surface area contributed by atoms with Crippen LogP contribution in [-0.4, -0.2) is 34.6 Å². The number of nitrogens with one attached hydrogen (secondary N) is 1. The number of aliphatic carboxylic acids is 1. The first kappa shape index (κ1) is 14.7. The number of thiazole rings is 1. The number of aryl methyl sites for hydroxylation is 1. The maximum atomic E-state index is 11.1. The molecular formula is C13H20N2O2S2. The molecule has 1 heterocycles. The number of fused-ring (bicyclic) bond motifs is 1. The summed E-state index contributed by atoms with van der Waals surface area (Å²) in [5.41, 5.74) is 0.794. The van der Waals surface area contributed by atoms with E-state index in [1.165, 1.54) is 18.6 Å². The normalized spacial score (nSPS) is 17.4. The summed E-state index contributed by atoms with van der Waals surface area (Å²) in [7, 11) is 0. The minimum atomic E-state index is -0.743. The van der Waals surface area contributed by atoms with Crippen LogP contribution in [0.15, 0.2) is 0 Å². The first-order valence-electron chi connectivity index (χ1n) is 6.67. The average Bonchev–Trinajstić information content (AvgIpc) is 2.92. The summed E-state index contributed by atoms with van der Waals surface area (Å²) in [6, 6.07) is 0. The van der Waals surface area contributed by atoms with E-state index in [0.29, 0.717) is 6.42 Å². The molecule has 2 rings (SSSR count). The Morgan fingerprint density at radius 3 is 3.11 bits per heavy atom. The summed E-state index contributed by atoms with van der Waals surface area (Å²) in [6.07, 6.45) is 7.34. The number of aromatic nitrogens is 1. The molecule has 1 aromatic heterocycles. The van der Waals surface area contributed by atoms with Gasteiger partial charge in [-0.3, -0.25) is 4.79 Å². The monoisotopic (exact) mass is 300 g/mol. The second-order valence-electron chi connectivity index (χ2n) is 4.74. The van der Waals surface area contributed by atoms with E-state index in [4.69, 9.17) is 5.11 Å². The van der Waals surface area contributed by atoms with Gasteiger partial charge in [0.2, 0.25) is 0 Å². The summed E-state index contributed by atoms with van der Waals surface area (Å²) >= 11 is 3.51. The molecule has 0 bridgehead atoms. The third-order valence-electron chi connectivity index (χ3n) is 3.32. The van der Waals surface area contributed by atoms with Gasteiger partial charge in [0.25, 0.3) is 0 Å². The number of anilines is 1. The highest BCUT2D eigenvalue weighted by Crippen LogP contribution is 2.38. The molecule has 0 saturated carbocycles. The Balaban J connectivity index is 1.77. The Hall–Kier alpha value is -0.750. The van der Waals surface area contributed by atoms with Crippen LogP contribution in [0.2, 0.25) is 0 Å². The fraction of sp³-hybridized carbons (Fsp3) is 0.692. The van der Waals surface area contributed by atoms with E-state index in [1.807, 2.05) is 11.8 Å². The van der Waals surface area contributed by atoms with Crippen LogP contribution >= 0.6 is 23.1 Å². The van der Waals surface area contributed by atoms with Crippen molar-refractivity contribution in [3.05, 3.63) is 10.6 Å². The average molecular weight is 300 g/mol. The second-order valence-corrected chi connectivity index (χ2v) is 6.81. The van der Waals surface area contributed by atoms with Crippen LogP contribution in [0.4, 0.5) is 5.13 Å². The van der Waals surface area contributed by atoms with Gasteiger partial charge in [-0.05, 0) is 37.7 Å². The lowest BCUT2D eigenvalue weighted by atomic mass is 10.1. The van der Waals surface area contributed by atoms with Gasteiger partial charge in [0.15, 0.2) is 5.13 Å². The van der Waals surface area contributed by atoms with Crippen molar-refractivity contribution in [3.8, 4) is 0 Å². The zero-order valence-electron chi connectivity index (χ0n) is 11.1. The van der Waals surface area contributed by atoms with Gasteiger partial charge in [-0.15, -0.1) is 11.3 Å². The molecule has 4 nitrogen and oxygen atoms in total. The van der Waals surface area contributed by atoms with Crippen molar-refractivity contribution in [1.82, 2.24) is 4.98 Å². The topological polar surface area (TPSA) is 62.2 Å². The number of carboxylic acids is 1. The predicted molar refractivity (Wildman–Crippen MR) is 81.5 cm³/mol. The number of carbonyl (C=O) groups is 1. The van der Waals surface area contributed by atoms with Crippen LogP contribution in [0.5, 0.6) is 0 Å². The summed E-state index contributed by atoms with van der Waals surface area (Å²) < 4.78 is 0. The number of rotatable bonds is 8. The Bertz CT molecular complexity index is 434. The van der Waals surface area contributed by atoms with Crippen molar-refractivity contribution in [3.63, 3.8) is 0 Å². The Labute approximate surface area is 122 Å². The molecule has 0 aromatic carbocycles. The molecular weight excluding hydrogens is 280 g/mol. The number of thioether (sulfide) groups is 1. The third-order valence-corrected chi connectivity index (χ3v) is 5.10. The number of unbranched alkanes of at least 4 members (excludes halogenated alkanes) is 2. The molecule has 0 amide bonds. The van der Waals surface area contributed by atoms with E-state index < -0.39 is 5.97 Å². The second kappa shape index (κ2) is 7.14. The van der Waals surface area contributed by atoms with Crippen molar-refractivity contribution in [2.75, 3.05) is 23.9 Å². The van der Waals surface area contributed by atoms with Gasteiger partial charge < -0.3 is 10.4 Å². The highest BCUT2D eigenvalue weighted by atomic mass is 32.2. The van der Waals surface area contributed by atoms with Crippen LogP contribution < -0.4 is 5.32 Å².